The van der Waals surface area contributed by atoms with Gasteiger partial charge in [0.2, 0.25) is 5.91 Å². The van der Waals surface area contributed by atoms with Crippen molar-refractivity contribution in [3.63, 3.8) is 0 Å². The Bertz CT molecular complexity index is 1030. The summed E-state index contributed by atoms with van der Waals surface area (Å²) < 4.78 is 5.25. The highest BCUT2D eigenvalue weighted by molar-refractivity contribution is 6.45. The zero-order valence-electron chi connectivity index (χ0n) is 17.0. The Labute approximate surface area is 179 Å². The molecule has 0 fully saturated rings. The van der Waals surface area contributed by atoms with Gasteiger partial charge in [0.1, 0.15) is 5.69 Å². The third-order valence-corrected chi connectivity index (χ3v) is 5.73. The van der Waals surface area contributed by atoms with E-state index in [0.29, 0.717) is 28.9 Å². The fourth-order valence-electron chi connectivity index (χ4n) is 3.67. The third kappa shape index (κ3) is 4.13. The van der Waals surface area contributed by atoms with Crippen molar-refractivity contribution >= 4 is 40.0 Å². The van der Waals surface area contributed by atoms with Gasteiger partial charge >= 0.3 is 0 Å². The van der Waals surface area contributed by atoms with Gasteiger partial charge in [-0.25, -0.2) is 0 Å². The summed E-state index contributed by atoms with van der Waals surface area (Å²) in [5, 5.41) is 13.3. The number of hydrogen-bond acceptors (Lipinski definition) is 4. The van der Waals surface area contributed by atoms with Crippen LogP contribution in [0.5, 0.6) is 0 Å². The maximum absolute atomic E-state index is 12.4. The number of aryl methyl sites for hydroxylation is 1. The second-order valence-electron chi connectivity index (χ2n) is 6.67. The highest BCUT2D eigenvalue weighted by atomic mass is 35.5. The maximum atomic E-state index is 12.4. The number of carbonyl (C=O) groups is 1. The summed E-state index contributed by atoms with van der Waals surface area (Å²) >= 11 is 12.9. The molecule has 1 unspecified atom stereocenters. The number of H-pyrrole nitrogens is 1. The molecule has 1 amide bonds. The first kappa shape index (κ1) is 21.6. The van der Waals surface area contributed by atoms with Crippen molar-refractivity contribution in [2.24, 2.45) is 7.05 Å². The first-order valence-corrected chi connectivity index (χ1v) is 10.4. The first-order chi connectivity index (χ1) is 14.0. The van der Waals surface area contributed by atoms with E-state index in [1.165, 1.54) is 4.80 Å². The van der Waals surface area contributed by atoms with E-state index < -0.39 is 0 Å². The van der Waals surface area contributed by atoms with E-state index in [1.807, 2.05) is 13.8 Å². The highest BCUT2D eigenvalue weighted by Crippen LogP contribution is 2.42. The molecule has 1 atom stereocenters. The average molecular weight is 438 g/mol. The lowest BCUT2D eigenvalue weighted by atomic mass is 9.95. The van der Waals surface area contributed by atoms with Crippen LogP contribution in [0, 0.1) is 0 Å². The number of carbonyl (C=O) groups excluding carboxylic acids is 1. The molecule has 0 saturated heterocycles. The summed E-state index contributed by atoms with van der Waals surface area (Å²) in [6.45, 7) is 5.15. The van der Waals surface area contributed by atoms with Crippen LogP contribution in [0.15, 0.2) is 12.3 Å². The minimum absolute atomic E-state index is 0.0202. The Morgan fingerprint density at radius 3 is 2.76 bits per heavy atom. The van der Waals surface area contributed by atoms with Crippen LogP contribution in [0.3, 0.4) is 0 Å². The Morgan fingerprint density at radius 2 is 2.10 bits per heavy atom. The average Bonchev–Trinajstić information content (AvgIpc) is 3.27. The van der Waals surface area contributed by atoms with E-state index in [1.54, 1.807) is 26.4 Å². The summed E-state index contributed by atoms with van der Waals surface area (Å²) in [5.41, 5.74) is 4.15. The molecule has 9 heteroatoms. The number of methoxy groups -OCH3 is 1. The number of nitrogens with zero attached hydrogens (tertiary/aromatic N) is 3. The predicted molar refractivity (Wildman–Crippen MR) is 116 cm³/mol. The number of halogens is 2. The highest BCUT2D eigenvalue weighted by Gasteiger charge is 2.29. The number of nitrogens with one attached hydrogen (secondary N) is 2. The van der Waals surface area contributed by atoms with Crippen LogP contribution in [0.4, 0.5) is 0 Å². The number of amides is 1. The summed E-state index contributed by atoms with van der Waals surface area (Å²) in [4.78, 5) is 17.3. The van der Waals surface area contributed by atoms with Gasteiger partial charge < -0.3 is 15.0 Å². The minimum Gasteiger partial charge on any atom is -0.385 e. The second kappa shape index (κ2) is 9.15. The summed E-state index contributed by atoms with van der Waals surface area (Å²) in [6.07, 6.45) is 2.73. The second-order valence-corrected chi connectivity index (χ2v) is 7.45. The molecule has 4 rings (SSSR count). The third-order valence-electron chi connectivity index (χ3n) is 4.94. The molecular weight excluding hydrogens is 413 g/mol. The summed E-state index contributed by atoms with van der Waals surface area (Å²) in [6, 6.07) is 1.79. The van der Waals surface area contributed by atoms with E-state index in [0.717, 1.165) is 34.1 Å². The van der Waals surface area contributed by atoms with Crippen LogP contribution in [0.25, 0.3) is 22.2 Å². The van der Waals surface area contributed by atoms with Crippen molar-refractivity contribution in [2.45, 2.75) is 32.6 Å². The molecule has 0 aliphatic carbocycles. The Morgan fingerprint density at radius 1 is 1.34 bits per heavy atom. The standard InChI is InChI=1S/C18H19Cl2N5O2.C2H6/c1-25-22-8-13(24-25)10-5-12(19)16(20)18-15(10)11-6-14(26)21-7-9(3-4-27-2)17(11)23-18;1-2/h5,8-9,23H,3-4,6-7H2,1-2H3,(H,21,26);1-2H3. The van der Waals surface area contributed by atoms with Crippen LogP contribution < -0.4 is 5.32 Å². The monoisotopic (exact) mass is 437 g/mol. The van der Waals surface area contributed by atoms with Gasteiger partial charge in [-0.05, 0) is 18.1 Å². The molecule has 0 radical (unpaired) electrons. The maximum Gasteiger partial charge on any atom is 0.224 e. The quantitative estimate of drug-likeness (QED) is 0.643. The van der Waals surface area contributed by atoms with Crippen LogP contribution in [-0.4, -0.2) is 46.1 Å². The van der Waals surface area contributed by atoms with Crippen molar-refractivity contribution in [2.75, 3.05) is 20.3 Å². The van der Waals surface area contributed by atoms with Gasteiger partial charge in [0.15, 0.2) is 0 Å². The zero-order chi connectivity index (χ0) is 21.1. The Balaban J connectivity index is 0.00000117. The fourth-order valence-corrected chi connectivity index (χ4v) is 4.07. The van der Waals surface area contributed by atoms with E-state index in [2.05, 4.69) is 20.5 Å². The van der Waals surface area contributed by atoms with Crippen LogP contribution >= 0.6 is 23.2 Å². The lowest BCUT2D eigenvalue weighted by Crippen LogP contribution is -2.27. The van der Waals surface area contributed by atoms with Crippen molar-refractivity contribution < 1.29 is 9.53 Å². The molecule has 0 bridgehead atoms. The van der Waals surface area contributed by atoms with Crippen molar-refractivity contribution in [3.8, 4) is 11.3 Å². The van der Waals surface area contributed by atoms with Crippen LogP contribution in [0.2, 0.25) is 10.0 Å². The Kier molecular flexibility index (Phi) is 6.82. The SMILES string of the molecule is CC.COCCC1CNC(=O)Cc2c1[nH]c1c(Cl)c(Cl)cc(-c3cnn(C)n3)c21. The molecule has 1 aliphatic heterocycles. The number of hydrogen-bond donors (Lipinski definition) is 2. The minimum atomic E-state index is -0.0202. The summed E-state index contributed by atoms with van der Waals surface area (Å²) in [7, 11) is 3.42. The van der Waals surface area contributed by atoms with E-state index in [4.69, 9.17) is 27.9 Å². The molecule has 156 valence electrons. The van der Waals surface area contributed by atoms with Crippen LogP contribution in [-0.2, 0) is 23.0 Å². The van der Waals surface area contributed by atoms with Gasteiger partial charge in [0.25, 0.3) is 0 Å². The topological polar surface area (TPSA) is 84.8 Å². The lowest BCUT2D eigenvalue weighted by Gasteiger charge is -2.14. The first-order valence-electron chi connectivity index (χ1n) is 9.64. The van der Waals surface area contributed by atoms with E-state index in [-0.39, 0.29) is 18.2 Å². The summed E-state index contributed by atoms with van der Waals surface area (Å²) in [5.74, 6) is 0.0802. The smallest absolute Gasteiger partial charge is 0.224 e. The van der Waals surface area contributed by atoms with Gasteiger partial charge in [0.05, 0.1) is 28.2 Å². The molecule has 0 spiro atoms. The molecule has 1 aromatic carbocycles. The molecule has 3 aromatic rings. The molecule has 2 aromatic heterocycles. The number of ether oxygens (including phenoxy) is 1. The van der Waals surface area contributed by atoms with Crippen molar-refractivity contribution in [3.05, 3.63) is 33.6 Å². The molecule has 1 aliphatic rings. The van der Waals surface area contributed by atoms with Gasteiger partial charge in [-0.2, -0.15) is 15.0 Å². The predicted octanol–water partition coefficient (Wildman–Crippen LogP) is 4.09. The lowest BCUT2D eigenvalue weighted by molar-refractivity contribution is -0.120. The molecule has 0 saturated carbocycles. The zero-order valence-corrected chi connectivity index (χ0v) is 18.5. The van der Waals surface area contributed by atoms with E-state index in [9.17, 15) is 4.79 Å². The van der Waals surface area contributed by atoms with Gasteiger partial charge in [-0.3, -0.25) is 4.79 Å². The fraction of sp³-hybridized carbons (Fsp3) is 0.450. The molecule has 2 N–H and O–H groups in total. The van der Waals surface area contributed by atoms with Crippen LogP contribution in [0.1, 0.15) is 37.4 Å². The number of aromatic nitrogens is 4. The van der Waals surface area contributed by atoms with Gasteiger partial charge in [0, 0.05) is 49.9 Å². The molecular formula is C20H25Cl2N5O2. The normalized spacial score (nSPS) is 16.1. The molecule has 7 nitrogen and oxygen atoms in total. The van der Waals surface area contributed by atoms with Crippen molar-refractivity contribution in [1.82, 2.24) is 25.3 Å². The van der Waals surface area contributed by atoms with Gasteiger partial charge in [-0.1, -0.05) is 37.0 Å². The number of aromatic amines is 1. The number of rotatable bonds is 4. The number of fused-ring (bicyclic) bond motifs is 3. The Hall–Kier alpha value is -2.09. The van der Waals surface area contributed by atoms with Crippen molar-refractivity contribution in [1.29, 1.82) is 0 Å². The molecule has 3 heterocycles. The van der Waals surface area contributed by atoms with E-state index >= 15 is 0 Å². The number of benzene rings is 1. The van der Waals surface area contributed by atoms with Gasteiger partial charge in [-0.15, -0.1) is 0 Å². The molecule has 29 heavy (non-hydrogen) atoms. The largest absolute Gasteiger partial charge is 0.385 e.